The number of nitrogen functional groups attached to an aromatic ring is 1. The monoisotopic (exact) mass is 248 g/mol. The second kappa shape index (κ2) is 5.57. The molecular formula is C12H20N6. The molecule has 0 atom stereocenters. The first-order valence-corrected chi connectivity index (χ1v) is 6.25. The Kier molecular flexibility index (Phi) is 3.86. The van der Waals surface area contributed by atoms with Crippen LogP contribution in [0, 0.1) is 0 Å². The Morgan fingerprint density at radius 2 is 2.28 bits per heavy atom. The van der Waals surface area contributed by atoms with Crippen molar-refractivity contribution in [3.63, 3.8) is 0 Å². The molecule has 2 heterocycles. The van der Waals surface area contributed by atoms with E-state index in [9.17, 15) is 0 Å². The van der Waals surface area contributed by atoms with Gasteiger partial charge in [-0.05, 0) is 12.5 Å². The summed E-state index contributed by atoms with van der Waals surface area (Å²) in [4.78, 5) is 0. The summed E-state index contributed by atoms with van der Waals surface area (Å²) in [5.41, 5.74) is 7.82. The quantitative estimate of drug-likeness (QED) is 0.807. The number of anilines is 2. The first kappa shape index (κ1) is 12.5. The average Bonchev–Trinajstić information content (AvgIpc) is 2.93. The van der Waals surface area contributed by atoms with Crippen molar-refractivity contribution in [2.45, 2.75) is 26.3 Å². The van der Waals surface area contributed by atoms with Crippen molar-refractivity contribution in [2.75, 3.05) is 17.6 Å². The van der Waals surface area contributed by atoms with E-state index in [1.807, 2.05) is 28.7 Å². The maximum Gasteiger partial charge on any atom is 0.147 e. The van der Waals surface area contributed by atoms with Crippen molar-refractivity contribution in [1.82, 2.24) is 19.6 Å². The number of nitrogens with one attached hydrogen (secondary N) is 1. The molecule has 0 aliphatic rings. The molecular weight excluding hydrogens is 228 g/mol. The van der Waals surface area contributed by atoms with Gasteiger partial charge in [-0.1, -0.05) is 13.3 Å². The van der Waals surface area contributed by atoms with Gasteiger partial charge in [0.05, 0.1) is 17.9 Å². The van der Waals surface area contributed by atoms with Crippen molar-refractivity contribution in [3.05, 3.63) is 24.2 Å². The van der Waals surface area contributed by atoms with Crippen LogP contribution in [0.5, 0.6) is 0 Å². The minimum absolute atomic E-state index is 0.764. The maximum atomic E-state index is 6.08. The third-order valence-corrected chi connectivity index (χ3v) is 2.84. The Balaban J connectivity index is 1.96. The zero-order chi connectivity index (χ0) is 13.0. The van der Waals surface area contributed by atoms with Gasteiger partial charge in [0, 0.05) is 26.0 Å². The first-order chi connectivity index (χ1) is 8.72. The summed E-state index contributed by atoms with van der Waals surface area (Å²) in [7, 11) is 1.91. The SMILES string of the molecule is CCCc1nn(C)c(NCCn2cccn2)c1N. The Hall–Kier alpha value is -1.98. The topological polar surface area (TPSA) is 73.7 Å². The van der Waals surface area contributed by atoms with E-state index in [1.165, 1.54) is 0 Å². The Bertz CT molecular complexity index is 485. The van der Waals surface area contributed by atoms with E-state index in [2.05, 4.69) is 22.4 Å². The molecule has 0 radical (unpaired) electrons. The molecule has 0 unspecified atom stereocenters. The molecule has 0 aliphatic carbocycles. The molecule has 0 aliphatic heterocycles. The smallest absolute Gasteiger partial charge is 0.147 e. The number of nitrogens with two attached hydrogens (primary N) is 1. The maximum absolute atomic E-state index is 6.08. The highest BCUT2D eigenvalue weighted by molar-refractivity contribution is 5.64. The fraction of sp³-hybridized carbons (Fsp3) is 0.500. The lowest BCUT2D eigenvalue weighted by Crippen LogP contribution is -2.13. The molecule has 98 valence electrons. The van der Waals surface area contributed by atoms with Gasteiger partial charge in [-0.25, -0.2) is 0 Å². The highest BCUT2D eigenvalue weighted by atomic mass is 15.3. The van der Waals surface area contributed by atoms with Gasteiger partial charge in [0.15, 0.2) is 0 Å². The summed E-state index contributed by atoms with van der Waals surface area (Å²) in [5, 5.41) is 11.9. The summed E-state index contributed by atoms with van der Waals surface area (Å²) in [6, 6.07) is 1.91. The molecule has 6 heteroatoms. The van der Waals surface area contributed by atoms with Gasteiger partial charge < -0.3 is 11.1 Å². The molecule has 6 nitrogen and oxygen atoms in total. The van der Waals surface area contributed by atoms with Crippen LogP contribution in [0.3, 0.4) is 0 Å². The molecule has 2 aromatic heterocycles. The standard InChI is InChI=1S/C12H20N6/c1-3-5-10-11(13)12(17(2)16-10)14-7-9-18-8-4-6-15-18/h4,6,8,14H,3,5,7,9,13H2,1-2H3. The fourth-order valence-corrected chi connectivity index (χ4v) is 1.95. The largest absolute Gasteiger partial charge is 0.394 e. The number of aromatic nitrogens is 4. The van der Waals surface area contributed by atoms with Crippen molar-refractivity contribution in [1.29, 1.82) is 0 Å². The molecule has 0 fully saturated rings. The summed E-state index contributed by atoms with van der Waals surface area (Å²) >= 11 is 0. The van der Waals surface area contributed by atoms with Crippen LogP contribution >= 0.6 is 0 Å². The first-order valence-electron chi connectivity index (χ1n) is 6.25. The molecule has 0 aromatic carbocycles. The second-order valence-electron chi connectivity index (χ2n) is 4.28. The van der Waals surface area contributed by atoms with Gasteiger partial charge in [-0.15, -0.1) is 0 Å². The van der Waals surface area contributed by atoms with Crippen LogP contribution < -0.4 is 11.1 Å². The summed E-state index contributed by atoms with van der Waals surface area (Å²) in [6.45, 7) is 3.71. The van der Waals surface area contributed by atoms with Crippen molar-refractivity contribution >= 4 is 11.5 Å². The number of aryl methyl sites for hydroxylation is 2. The minimum atomic E-state index is 0.764. The summed E-state index contributed by atoms with van der Waals surface area (Å²) < 4.78 is 3.69. The van der Waals surface area contributed by atoms with Gasteiger partial charge in [-0.3, -0.25) is 9.36 Å². The van der Waals surface area contributed by atoms with Crippen LogP contribution in [-0.2, 0) is 20.0 Å². The molecule has 2 rings (SSSR count). The average molecular weight is 248 g/mol. The Morgan fingerprint density at radius 1 is 1.44 bits per heavy atom. The summed E-state index contributed by atoms with van der Waals surface area (Å²) in [5.74, 6) is 0.894. The molecule has 0 spiro atoms. The number of rotatable bonds is 6. The predicted molar refractivity (Wildman–Crippen MR) is 72.3 cm³/mol. The number of nitrogens with zero attached hydrogens (tertiary/aromatic N) is 4. The van der Waals surface area contributed by atoms with Crippen LogP contribution in [0.15, 0.2) is 18.5 Å². The normalized spacial score (nSPS) is 10.8. The van der Waals surface area contributed by atoms with E-state index in [0.29, 0.717) is 0 Å². The van der Waals surface area contributed by atoms with Crippen LogP contribution in [-0.4, -0.2) is 26.1 Å². The molecule has 18 heavy (non-hydrogen) atoms. The lowest BCUT2D eigenvalue weighted by Gasteiger charge is -2.07. The molecule has 2 aromatic rings. The Morgan fingerprint density at radius 3 is 2.94 bits per heavy atom. The van der Waals surface area contributed by atoms with Gasteiger partial charge in [0.2, 0.25) is 0 Å². The van der Waals surface area contributed by atoms with E-state index in [1.54, 1.807) is 6.20 Å². The highest BCUT2D eigenvalue weighted by Gasteiger charge is 2.11. The van der Waals surface area contributed by atoms with Crippen LogP contribution in [0.2, 0.25) is 0 Å². The second-order valence-corrected chi connectivity index (χ2v) is 4.28. The van der Waals surface area contributed by atoms with Crippen LogP contribution in [0.25, 0.3) is 0 Å². The van der Waals surface area contributed by atoms with Crippen LogP contribution in [0.4, 0.5) is 11.5 Å². The van der Waals surface area contributed by atoms with Gasteiger partial charge >= 0.3 is 0 Å². The van der Waals surface area contributed by atoms with Crippen molar-refractivity contribution in [2.24, 2.45) is 7.05 Å². The van der Waals surface area contributed by atoms with E-state index in [0.717, 1.165) is 43.1 Å². The molecule has 3 N–H and O–H groups in total. The van der Waals surface area contributed by atoms with Crippen molar-refractivity contribution in [3.8, 4) is 0 Å². The van der Waals surface area contributed by atoms with E-state index in [4.69, 9.17) is 5.73 Å². The molecule has 0 amide bonds. The van der Waals surface area contributed by atoms with E-state index in [-0.39, 0.29) is 0 Å². The van der Waals surface area contributed by atoms with Gasteiger partial charge in [-0.2, -0.15) is 10.2 Å². The zero-order valence-electron chi connectivity index (χ0n) is 10.9. The number of hydrogen-bond donors (Lipinski definition) is 2. The van der Waals surface area contributed by atoms with Crippen LogP contribution in [0.1, 0.15) is 19.0 Å². The van der Waals surface area contributed by atoms with E-state index < -0.39 is 0 Å². The Labute approximate surface area is 107 Å². The van der Waals surface area contributed by atoms with Gasteiger partial charge in [0.25, 0.3) is 0 Å². The highest BCUT2D eigenvalue weighted by Crippen LogP contribution is 2.22. The zero-order valence-corrected chi connectivity index (χ0v) is 10.9. The molecule has 0 saturated carbocycles. The number of hydrogen-bond acceptors (Lipinski definition) is 4. The molecule has 0 bridgehead atoms. The third kappa shape index (κ3) is 2.64. The lowest BCUT2D eigenvalue weighted by atomic mass is 10.2. The van der Waals surface area contributed by atoms with Crippen molar-refractivity contribution < 1.29 is 0 Å². The van der Waals surface area contributed by atoms with E-state index >= 15 is 0 Å². The summed E-state index contributed by atoms with van der Waals surface area (Å²) in [6.07, 6.45) is 5.68. The third-order valence-electron chi connectivity index (χ3n) is 2.84. The fourth-order valence-electron chi connectivity index (χ4n) is 1.95. The predicted octanol–water partition coefficient (Wildman–Crippen LogP) is 1.26. The minimum Gasteiger partial charge on any atom is -0.394 e. The lowest BCUT2D eigenvalue weighted by molar-refractivity contribution is 0.633. The van der Waals surface area contributed by atoms with Gasteiger partial charge in [0.1, 0.15) is 5.82 Å². The molecule has 0 saturated heterocycles.